The molecule has 0 radical (unpaired) electrons. The molecule has 0 saturated heterocycles. The van der Waals surface area contributed by atoms with E-state index in [9.17, 15) is 0 Å². The lowest BCUT2D eigenvalue weighted by Crippen LogP contribution is -2.05. The predicted octanol–water partition coefficient (Wildman–Crippen LogP) is 7.49. The minimum Gasteiger partial charge on any atom is -0.123 e. The van der Waals surface area contributed by atoms with Crippen LogP contribution in [0.25, 0.3) is 0 Å². The van der Waals surface area contributed by atoms with Crippen molar-refractivity contribution in [1.29, 1.82) is 0 Å². The van der Waals surface area contributed by atoms with Crippen molar-refractivity contribution in [2.24, 2.45) is 5.92 Å². The van der Waals surface area contributed by atoms with E-state index in [0.717, 1.165) is 5.92 Å². The summed E-state index contributed by atoms with van der Waals surface area (Å²) in [5.41, 5.74) is 0. The lowest BCUT2D eigenvalue weighted by Gasteiger charge is -2.15. The highest BCUT2D eigenvalue weighted by molar-refractivity contribution is 6.20. The van der Waals surface area contributed by atoms with Crippen LogP contribution < -0.4 is 0 Å². The van der Waals surface area contributed by atoms with E-state index in [0.29, 0.717) is 5.38 Å². The molecule has 1 saturated carbocycles. The summed E-state index contributed by atoms with van der Waals surface area (Å²) in [6.07, 6.45) is 22.7. The van der Waals surface area contributed by atoms with E-state index in [1.807, 2.05) is 0 Å². The number of hydrogen-bond acceptors (Lipinski definition) is 0. The summed E-state index contributed by atoms with van der Waals surface area (Å²) in [5.74, 6) is 0.939. The molecule has 1 rings (SSSR count). The zero-order valence-corrected chi connectivity index (χ0v) is 14.6. The molecule has 0 aliphatic heterocycles. The van der Waals surface area contributed by atoms with Gasteiger partial charge in [-0.1, -0.05) is 96.8 Å². The molecule has 1 fully saturated rings. The normalized spacial score (nSPS) is 23.7. The Hall–Kier alpha value is 0.290. The second kappa shape index (κ2) is 13.0. The highest BCUT2D eigenvalue weighted by Gasteiger charge is 2.17. The largest absolute Gasteiger partial charge is 0.123 e. The van der Waals surface area contributed by atoms with E-state index in [4.69, 9.17) is 11.6 Å². The SMILES string of the molecule is CCCCCCCCCCCCC1CCCCC(Cl)C1. The number of rotatable bonds is 11. The van der Waals surface area contributed by atoms with Gasteiger partial charge in [0.1, 0.15) is 0 Å². The maximum atomic E-state index is 6.35. The first-order chi connectivity index (χ1) is 9.83. The highest BCUT2D eigenvalue weighted by Crippen LogP contribution is 2.30. The quantitative estimate of drug-likeness (QED) is 0.211. The summed E-state index contributed by atoms with van der Waals surface area (Å²) >= 11 is 6.35. The Morgan fingerprint density at radius 2 is 1.30 bits per heavy atom. The van der Waals surface area contributed by atoms with Gasteiger partial charge in [-0.05, 0) is 18.8 Å². The van der Waals surface area contributed by atoms with Gasteiger partial charge in [-0.2, -0.15) is 0 Å². The van der Waals surface area contributed by atoms with E-state index >= 15 is 0 Å². The Morgan fingerprint density at radius 3 is 1.95 bits per heavy atom. The first-order valence-corrected chi connectivity index (χ1v) is 9.90. The third-order valence-electron chi connectivity index (χ3n) is 4.93. The van der Waals surface area contributed by atoms with E-state index < -0.39 is 0 Å². The molecule has 0 spiro atoms. The second-order valence-electron chi connectivity index (χ2n) is 6.95. The van der Waals surface area contributed by atoms with Gasteiger partial charge in [-0.25, -0.2) is 0 Å². The lowest BCUT2D eigenvalue weighted by atomic mass is 9.93. The fourth-order valence-corrected chi connectivity index (χ4v) is 3.99. The number of unbranched alkanes of at least 4 members (excludes halogenated alkanes) is 9. The van der Waals surface area contributed by atoms with Crippen LogP contribution in [0.4, 0.5) is 0 Å². The molecular weight excluding hydrogens is 264 g/mol. The van der Waals surface area contributed by atoms with Crippen molar-refractivity contribution in [3.05, 3.63) is 0 Å². The van der Waals surface area contributed by atoms with Crippen molar-refractivity contribution < 1.29 is 0 Å². The van der Waals surface area contributed by atoms with Crippen LogP contribution in [0.5, 0.6) is 0 Å². The summed E-state index contributed by atoms with van der Waals surface area (Å²) < 4.78 is 0. The van der Waals surface area contributed by atoms with Crippen LogP contribution in [-0.2, 0) is 0 Å². The van der Waals surface area contributed by atoms with Crippen LogP contribution in [0.1, 0.15) is 110 Å². The standard InChI is InChI=1S/C19H37Cl/c1-2-3-4-5-6-7-8-9-10-11-14-18-15-12-13-16-19(20)17-18/h18-19H,2-17H2,1H3. The van der Waals surface area contributed by atoms with Gasteiger partial charge in [-0.3, -0.25) is 0 Å². The number of hydrogen-bond donors (Lipinski definition) is 0. The second-order valence-corrected chi connectivity index (χ2v) is 7.57. The molecule has 0 bridgehead atoms. The molecule has 0 N–H and O–H groups in total. The van der Waals surface area contributed by atoms with Crippen molar-refractivity contribution >= 4 is 11.6 Å². The third kappa shape index (κ3) is 10.1. The minimum absolute atomic E-state index is 0.477. The summed E-state index contributed by atoms with van der Waals surface area (Å²) in [7, 11) is 0. The smallest absolute Gasteiger partial charge is 0.0338 e. The van der Waals surface area contributed by atoms with E-state index in [1.165, 1.54) is 103 Å². The molecule has 0 heterocycles. The van der Waals surface area contributed by atoms with Crippen LogP contribution >= 0.6 is 11.6 Å². The van der Waals surface area contributed by atoms with Crippen LogP contribution in [0.2, 0.25) is 0 Å². The van der Waals surface area contributed by atoms with Crippen molar-refractivity contribution in [3.8, 4) is 0 Å². The molecule has 0 aromatic rings. The monoisotopic (exact) mass is 300 g/mol. The Kier molecular flexibility index (Phi) is 11.9. The van der Waals surface area contributed by atoms with E-state index in [-0.39, 0.29) is 0 Å². The molecule has 2 unspecified atom stereocenters. The molecule has 1 aliphatic carbocycles. The first kappa shape index (κ1) is 18.3. The summed E-state index contributed by atoms with van der Waals surface area (Å²) in [6, 6.07) is 0. The van der Waals surface area contributed by atoms with E-state index in [1.54, 1.807) is 0 Å². The fraction of sp³-hybridized carbons (Fsp3) is 1.00. The molecule has 0 nitrogen and oxygen atoms in total. The van der Waals surface area contributed by atoms with Crippen molar-refractivity contribution in [1.82, 2.24) is 0 Å². The zero-order valence-electron chi connectivity index (χ0n) is 13.8. The zero-order chi connectivity index (χ0) is 14.5. The van der Waals surface area contributed by atoms with Gasteiger partial charge >= 0.3 is 0 Å². The topological polar surface area (TPSA) is 0 Å². The number of alkyl halides is 1. The molecule has 0 aromatic heterocycles. The van der Waals surface area contributed by atoms with Crippen LogP contribution in [0, 0.1) is 5.92 Å². The average Bonchev–Trinajstić information content (AvgIpc) is 2.65. The minimum atomic E-state index is 0.477. The summed E-state index contributed by atoms with van der Waals surface area (Å²) in [6.45, 7) is 2.29. The van der Waals surface area contributed by atoms with Gasteiger partial charge in [0, 0.05) is 5.38 Å². The van der Waals surface area contributed by atoms with Crippen molar-refractivity contribution in [3.63, 3.8) is 0 Å². The molecule has 0 aromatic carbocycles. The van der Waals surface area contributed by atoms with Gasteiger partial charge in [0.2, 0.25) is 0 Å². The van der Waals surface area contributed by atoms with Crippen LogP contribution in [0.3, 0.4) is 0 Å². The highest BCUT2D eigenvalue weighted by atomic mass is 35.5. The molecule has 1 aliphatic rings. The molecular formula is C19H37Cl. The predicted molar refractivity (Wildman–Crippen MR) is 92.7 cm³/mol. The molecule has 20 heavy (non-hydrogen) atoms. The Labute approximate surface area is 133 Å². The average molecular weight is 301 g/mol. The van der Waals surface area contributed by atoms with Gasteiger partial charge in [0.15, 0.2) is 0 Å². The molecule has 0 amide bonds. The summed E-state index contributed by atoms with van der Waals surface area (Å²) in [5, 5.41) is 0.477. The van der Waals surface area contributed by atoms with Gasteiger partial charge in [0.25, 0.3) is 0 Å². The van der Waals surface area contributed by atoms with Gasteiger partial charge < -0.3 is 0 Å². The van der Waals surface area contributed by atoms with Crippen LogP contribution in [-0.4, -0.2) is 5.38 Å². The first-order valence-electron chi connectivity index (χ1n) is 9.47. The number of halogens is 1. The maximum Gasteiger partial charge on any atom is 0.0338 e. The molecule has 2 atom stereocenters. The summed E-state index contributed by atoms with van der Waals surface area (Å²) in [4.78, 5) is 0. The van der Waals surface area contributed by atoms with E-state index in [2.05, 4.69) is 6.92 Å². The van der Waals surface area contributed by atoms with Gasteiger partial charge in [-0.15, -0.1) is 11.6 Å². The Balaban J connectivity index is 1.84. The van der Waals surface area contributed by atoms with Gasteiger partial charge in [0.05, 0.1) is 0 Å². The Bertz CT molecular complexity index is 202. The maximum absolute atomic E-state index is 6.35. The third-order valence-corrected chi connectivity index (χ3v) is 5.33. The van der Waals surface area contributed by atoms with Crippen molar-refractivity contribution in [2.45, 2.75) is 115 Å². The fourth-order valence-electron chi connectivity index (χ4n) is 3.58. The Morgan fingerprint density at radius 1 is 0.750 bits per heavy atom. The van der Waals surface area contributed by atoms with Crippen molar-refractivity contribution in [2.75, 3.05) is 0 Å². The lowest BCUT2D eigenvalue weighted by molar-refractivity contribution is 0.406. The molecule has 120 valence electrons. The van der Waals surface area contributed by atoms with Crippen LogP contribution in [0.15, 0.2) is 0 Å². The molecule has 1 heteroatoms.